The van der Waals surface area contributed by atoms with Gasteiger partial charge in [-0.05, 0) is 25.5 Å². The normalized spacial score (nSPS) is 19.1. The van der Waals surface area contributed by atoms with Crippen molar-refractivity contribution in [3.63, 3.8) is 0 Å². The van der Waals surface area contributed by atoms with Gasteiger partial charge >= 0.3 is 0 Å². The number of carbonyl (C=O) groups excluding carboxylic acids is 2. The van der Waals surface area contributed by atoms with Crippen LogP contribution in [0.3, 0.4) is 0 Å². The van der Waals surface area contributed by atoms with E-state index in [9.17, 15) is 9.59 Å². The number of ketones is 1. The molecule has 0 bridgehead atoms. The van der Waals surface area contributed by atoms with Crippen molar-refractivity contribution in [3.05, 3.63) is 23.9 Å². The van der Waals surface area contributed by atoms with Crippen LogP contribution >= 0.6 is 0 Å². The van der Waals surface area contributed by atoms with Gasteiger partial charge in [0.25, 0.3) is 0 Å². The van der Waals surface area contributed by atoms with E-state index in [1.165, 1.54) is 0 Å². The lowest BCUT2D eigenvalue weighted by atomic mass is 9.97. The Labute approximate surface area is 106 Å². The largest absolute Gasteiger partial charge is 0.477 e. The van der Waals surface area contributed by atoms with Crippen LogP contribution in [0.4, 0.5) is 0 Å². The number of carbonyl (C=O) groups is 2. The summed E-state index contributed by atoms with van der Waals surface area (Å²) in [5.74, 6) is -0.585. The Morgan fingerprint density at radius 2 is 2.39 bits per heavy atom. The van der Waals surface area contributed by atoms with Gasteiger partial charge in [-0.3, -0.25) is 9.59 Å². The molecule has 18 heavy (non-hydrogen) atoms. The van der Waals surface area contributed by atoms with Gasteiger partial charge in [0.15, 0.2) is 5.78 Å². The van der Waals surface area contributed by atoms with E-state index in [0.29, 0.717) is 31.0 Å². The number of pyridine rings is 1. The Kier molecular flexibility index (Phi) is 3.60. The minimum atomic E-state index is -0.585. The molecule has 0 spiro atoms. The van der Waals surface area contributed by atoms with Crippen LogP contribution in [-0.4, -0.2) is 41.8 Å². The maximum absolute atomic E-state index is 12.3. The predicted molar refractivity (Wildman–Crippen MR) is 65.5 cm³/mol. The summed E-state index contributed by atoms with van der Waals surface area (Å²) >= 11 is 0. The zero-order chi connectivity index (χ0) is 13.1. The summed E-state index contributed by atoms with van der Waals surface area (Å²) < 4.78 is 5.32. The summed E-state index contributed by atoms with van der Waals surface area (Å²) in [6.45, 7) is 2.90. The number of ether oxygens (including phenoxy) is 1. The number of likely N-dealkylation sites (tertiary alicyclic amines) is 1. The number of rotatable bonds is 4. The molecule has 1 atom stereocenters. The van der Waals surface area contributed by atoms with Crippen LogP contribution in [0.15, 0.2) is 18.3 Å². The van der Waals surface area contributed by atoms with E-state index < -0.39 is 5.92 Å². The zero-order valence-electron chi connectivity index (χ0n) is 10.5. The maximum atomic E-state index is 12.3. The van der Waals surface area contributed by atoms with Gasteiger partial charge in [0, 0.05) is 19.8 Å². The third-order valence-electron chi connectivity index (χ3n) is 3.06. The van der Waals surface area contributed by atoms with Crippen LogP contribution in [0.2, 0.25) is 0 Å². The predicted octanol–water partition coefficient (Wildman–Crippen LogP) is 1.14. The van der Waals surface area contributed by atoms with Crippen LogP contribution in [0, 0.1) is 5.92 Å². The van der Waals surface area contributed by atoms with Crippen LogP contribution < -0.4 is 4.74 Å². The quantitative estimate of drug-likeness (QED) is 0.592. The van der Waals surface area contributed by atoms with Crippen molar-refractivity contribution in [2.45, 2.75) is 13.3 Å². The second kappa shape index (κ2) is 5.16. The van der Waals surface area contributed by atoms with Crippen LogP contribution in [0.5, 0.6) is 5.88 Å². The molecule has 1 unspecified atom stereocenters. The number of hydrogen-bond donors (Lipinski definition) is 0. The van der Waals surface area contributed by atoms with Gasteiger partial charge in [0.2, 0.25) is 11.8 Å². The second-order valence-electron chi connectivity index (χ2n) is 4.25. The lowest BCUT2D eigenvalue weighted by Crippen LogP contribution is -2.27. The first-order valence-electron chi connectivity index (χ1n) is 6.02. The molecule has 1 aromatic rings. The molecule has 5 heteroatoms. The average molecular weight is 248 g/mol. The highest BCUT2D eigenvalue weighted by Gasteiger charge is 2.36. The van der Waals surface area contributed by atoms with Gasteiger partial charge in [-0.25, -0.2) is 4.98 Å². The van der Waals surface area contributed by atoms with Gasteiger partial charge in [0.05, 0.1) is 12.2 Å². The molecule has 1 aliphatic heterocycles. The average Bonchev–Trinajstić information content (AvgIpc) is 2.70. The lowest BCUT2D eigenvalue weighted by molar-refractivity contribution is -0.128. The molecule has 2 rings (SSSR count). The highest BCUT2D eigenvalue weighted by molar-refractivity contribution is 6.11. The number of nitrogens with zero attached hydrogens (tertiary/aromatic N) is 2. The summed E-state index contributed by atoms with van der Waals surface area (Å²) in [4.78, 5) is 29.8. The summed E-state index contributed by atoms with van der Waals surface area (Å²) in [7, 11) is 1.71. The summed E-state index contributed by atoms with van der Waals surface area (Å²) in [6, 6.07) is 3.34. The number of Topliss-reactive ketones (excluding diaryl/α,β-unsaturated/α-hetero) is 1. The second-order valence-corrected chi connectivity index (χ2v) is 4.25. The summed E-state index contributed by atoms with van der Waals surface area (Å²) in [5.41, 5.74) is 0.396. The number of aromatic nitrogens is 1. The minimum Gasteiger partial charge on any atom is -0.477 e. The molecule has 0 aliphatic carbocycles. The monoisotopic (exact) mass is 248 g/mol. The third-order valence-corrected chi connectivity index (χ3v) is 3.06. The van der Waals surface area contributed by atoms with E-state index in [2.05, 4.69) is 4.98 Å². The molecule has 96 valence electrons. The molecule has 5 nitrogen and oxygen atoms in total. The van der Waals surface area contributed by atoms with E-state index in [4.69, 9.17) is 4.74 Å². The van der Waals surface area contributed by atoms with Crippen molar-refractivity contribution >= 4 is 11.7 Å². The summed E-state index contributed by atoms with van der Waals surface area (Å²) in [6.07, 6.45) is 2.14. The van der Waals surface area contributed by atoms with E-state index in [0.717, 1.165) is 0 Å². The van der Waals surface area contributed by atoms with Crippen molar-refractivity contribution < 1.29 is 14.3 Å². The van der Waals surface area contributed by atoms with Gasteiger partial charge in [-0.15, -0.1) is 0 Å². The number of amides is 1. The SMILES string of the molecule is CCOc1ncccc1C(=O)C1CCN(C)C1=O. The third kappa shape index (κ3) is 2.20. The van der Waals surface area contributed by atoms with Gasteiger partial charge < -0.3 is 9.64 Å². The first-order valence-corrected chi connectivity index (χ1v) is 6.02. The van der Waals surface area contributed by atoms with Crippen molar-refractivity contribution in [1.29, 1.82) is 0 Å². The fourth-order valence-corrected chi connectivity index (χ4v) is 2.08. The maximum Gasteiger partial charge on any atom is 0.233 e. The standard InChI is InChI=1S/C13H16N2O3/c1-3-18-12-9(5-4-7-14-12)11(16)10-6-8-15(2)13(10)17/h4-5,7,10H,3,6,8H2,1-2H3. The van der Waals surface area contributed by atoms with Gasteiger partial charge in [0.1, 0.15) is 5.92 Å². The molecule has 0 radical (unpaired) electrons. The Balaban J connectivity index is 2.26. The molecule has 1 aliphatic rings. The zero-order valence-corrected chi connectivity index (χ0v) is 10.5. The van der Waals surface area contributed by atoms with Crippen LogP contribution in [0.25, 0.3) is 0 Å². The fraction of sp³-hybridized carbons (Fsp3) is 0.462. The first kappa shape index (κ1) is 12.5. The van der Waals surface area contributed by atoms with Crippen molar-refractivity contribution in [3.8, 4) is 5.88 Å². The molecular weight excluding hydrogens is 232 g/mol. The molecule has 0 aromatic carbocycles. The Bertz CT molecular complexity index is 473. The van der Waals surface area contributed by atoms with E-state index >= 15 is 0 Å². The summed E-state index contributed by atoms with van der Waals surface area (Å²) in [5, 5.41) is 0. The minimum absolute atomic E-state index is 0.119. The van der Waals surface area contributed by atoms with Crippen molar-refractivity contribution in [2.24, 2.45) is 5.92 Å². The fourth-order valence-electron chi connectivity index (χ4n) is 2.08. The molecule has 1 aromatic heterocycles. The molecule has 2 heterocycles. The molecule has 0 N–H and O–H groups in total. The molecule has 0 saturated carbocycles. The first-order chi connectivity index (χ1) is 8.65. The Hall–Kier alpha value is -1.91. The Morgan fingerprint density at radius 3 is 3.00 bits per heavy atom. The van der Waals surface area contributed by atoms with Crippen molar-refractivity contribution in [2.75, 3.05) is 20.2 Å². The number of hydrogen-bond acceptors (Lipinski definition) is 4. The molecule has 1 amide bonds. The highest BCUT2D eigenvalue weighted by atomic mass is 16.5. The Morgan fingerprint density at radius 1 is 1.61 bits per heavy atom. The molecule has 1 saturated heterocycles. The van der Waals surface area contributed by atoms with Gasteiger partial charge in [-0.2, -0.15) is 0 Å². The topological polar surface area (TPSA) is 59.5 Å². The lowest BCUT2D eigenvalue weighted by Gasteiger charge is -2.11. The van der Waals surface area contributed by atoms with E-state index in [1.54, 1.807) is 30.3 Å². The van der Waals surface area contributed by atoms with Crippen LogP contribution in [0.1, 0.15) is 23.7 Å². The van der Waals surface area contributed by atoms with Gasteiger partial charge in [-0.1, -0.05) is 0 Å². The van der Waals surface area contributed by atoms with E-state index in [1.807, 2.05) is 6.92 Å². The van der Waals surface area contributed by atoms with Crippen LogP contribution in [-0.2, 0) is 4.79 Å². The molecular formula is C13H16N2O3. The smallest absolute Gasteiger partial charge is 0.233 e. The molecule has 1 fully saturated rings. The van der Waals surface area contributed by atoms with Crippen molar-refractivity contribution in [1.82, 2.24) is 9.88 Å². The highest BCUT2D eigenvalue weighted by Crippen LogP contribution is 2.25. The van der Waals surface area contributed by atoms with E-state index in [-0.39, 0.29) is 11.7 Å².